The summed E-state index contributed by atoms with van der Waals surface area (Å²) in [7, 11) is 1.84. The molecule has 74 valence electrons. The van der Waals surface area contributed by atoms with Crippen LogP contribution < -0.4 is 22.8 Å². The first-order valence-electron chi connectivity index (χ1n) is 4.04. The molecule has 4 nitrogen and oxygen atoms in total. The summed E-state index contributed by atoms with van der Waals surface area (Å²) in [5, 5.41) is 4.19. The molecule has 0 saturated heterocycles. The van der Waals surface area contributed by atoms with Gasteiger partial charge in [-0.2, -0.15) is 0 Å². The van der Waals surface area contributed by atoms with Gasteiger partial charge in [0.1, 0.15) is 7.05 Å². The van der Waals surface area contributed by atoms with E-state index in [2.05, 4.69) is 5.21 Å². The molecule has 2 aromatic rings. The number of para-hydroxylation sites is 1. The number of nitrogen functional groups attached to an aromatic ring is 1. The van der Waals surface area contributed by atoms with E-state index in [4.69, 9.17) is 5.73 Å². The standard InChI is InChI=1S/C9H11N4.ClH/c1-12-7-9(10)13(11-12)8-5-3-2-4-6-8;/h2-7H,10H2,1H3;1H/q+1;/p-1. The summed E-state index contributed by atoms with van der Waals surface area (Å²) >= 11 is 0. The van der Waals surface area contributed by atoms with Gasteiger partial charge in [0.25, 0.3) is 5.82 Å². The van der Waals surface area contributed by atoms with E-state index >= 15 is 0 Å². The minimum Gasteiger partial charge on any atom is -1.00 e. The Morgan fingerprint density at radius 2 is 1.93 bits per heavy atom. The van der Waals surface area contributed by atoms with E-state index in [-0.39, 0.29) is 12.4 Å². The van der Waals surface area contributed by atoms with Gasteiger partial charge >= 0.3 is 0 Å². The molecule has 0 radical (unpaired) electrons. The molecule has 2 N–H and O–H groups in total. The number of aryl methyl sites for hydroxylation is 1. The fraction of sp³-hybridized carbons (Fsp3) is 0.111. The molecule has 0 spiro atoms. The Bertz CT molecular complexity index is 410. The second kappa shape index (κ2) is 4.11. The van der Waals surface area contributed by atoms with Crippen molar-refractivity contribution in [2.45, 2.75) is 0 Å². The molecule has 0 aliphatic rings. The number of rotatable bonds is 1. The average molecular weight is 211 g/mol. The highest BCUT2D eigenvalue weighted by Crippen LogP contribution is 2.07. The Balaban J connectivity index is 0.000000980. The van der Waals surface area contributed by atoms with E-state index in [1.165, 1.54) is 0 Å². The zero-order valence-corrected chi connectivity index (χ0v) is 8.52. The first-order chi connectivity index (χ1) is 6.27. The largest absolute Gasteiger partial charge is 1.00 e. The van der Waals surface area contributed by atoms with Crippen molar-refractivity contribution in [1.29, 1.82) is 0 Å². The van der Waals surface area contributed by atoms with E-state index < -0.39 is 0 Å². The number of hydrogen-bond acceptors (Lipinski definition) is 2. The van der Waals surface area contributed by atoms with Crippen LogP contribution in [0.4, 0.5) is 5.82 Å². The number of hydrogen-bond donors (Lipinski definition) is 1. The zero-order chi connectivity index (χ0) is 9.26. The second-order valence-corrected chi connectivity index (χ2v) is 2.86. The maximum atomic E-state index is 5.75. The van der Waals surface area contributed by atoms with Crippen LogP contribution in [0.1, 0.15) is 0 Å². The van der Waals surface area contributed by atoms with Gasteiger partial charge in [0.05, 0.1) is 5.21 Å². The summed E-state index contributed by atoms with van der Waals surface area (Å²) in [5.74, 6) is 0.633. The topological polar surface area (TPSA) is 47.7 Å². The van der Waals surface area contributed by atoms with E-state index in [9.17, 15) is 0 Å². The Hall–Kier alpha value is -1.55. The number of aromatic nitrogens is 3. The van der Waals surface area contributed by atoms with Gasteiger partial charge in [-0.15, -0.1) is 4.68 Å². The molecule has 0 saturated carbocycles. The van der Waals surface area contributed by atoms with Crippen LogP contribution >= 0.6 is 0 Å². The first kappa shape index (κ1) is 10.5. The van der Waals surface area contributed by atoms with Crippen LogP contribution in [-0.4, -0.2) is 9.90 Å². The molecule has 0 atom stereocenters. The molecular formula is C9H11ClN4. The summed E-state index contributed by atoms with van der Waals surface area (Å²) in [4.78, 5) is 0. The lowest BCUT2D eigenvalue weighted by atomic mass is 10.3. The third-order valence-corrected chi connectivity index (χ3v) is 1.79. The molecule has 14 heavy (non-hydrogen) atoms. The molecule has 0 aliphatic heterocycles. The van der Waals surface area contributed by atoms with Crippen molar-refractivity contribution in [2.75, 3.05) is 5.73 Å². The van der Waals surface area contributed by atoms with Crippen LogP contribution in [0.2, 0.25) is 0 Å². The maximum absolute atomic E-state index is 5.75. The van der Waals surface area contributed by atoms with Crippen LogP contribution in [-0.2, 0) is 7.05 Å². The third-order valence-electron chi connectivity index (χ3n) is 1.79. The molecule has 0 aliphatic carbocycles. The van der Waals surface area contributed by atoms with E-state index in [0.717, 1.165) is 5.69 Å². The van der Waals surface area contributed by atoms with Crippen molar-refractivity contribution in [2.24, 2.45) is 7.05 Å². The van der Waals surface area contributed by atoms with Gasteiger partial charge < -0.3 is 18.1 Å². The highest BCUT2D eigenvalue weighted by Gasteiger charge is 2.11. The predicted octanol–water partition coefficient (Wildman–Crippen LogP) is -2.72. The Morgan fingerprint density at radius 1 is 1.29 bits per heavy atom. The molecule has 1 heterocycles. The van der Waals surface area contributed by atoms with Crippen molar-refractivity contribution in [3.63, 3.8) is 0 Å². The van der Waals surface area contributed by atoms with Gasteiger partial charge in [-0.25, -0.2) is 0 Å². The summed E-state index contributed by atoms with van der Waals surface area (Å²) in [6, 6.07) is 9.79. The van der Waals surface area contributed by atoms with Crippen molar-refractivity contribution >= 4 is 5.82 Å². The Kier molecular flexibility index (Phi) is 3.09. The van der Waals surface area contributed by atoms with Gasteiger partial charge in [-0.1, -0.05) is 22.9 Å². The number of benzene rings is 1. The monoisotopic (exact) mass is 210 g/mol. The van der Waals surface area contributed by atoms with Gasteiger partial charge in [0.2, 0.25) is 0 Å². The van der Waals surface area contributed by atoms with Crippen LogP contribution in [0.5, 0.6) is 0 Å². The fourth-order valence-corrected chi connectivity index (χ4v) is 1.23. The van der Waals surface area contributed by atoms with E-state index in [1.54, 1.807) is 15.6 Å². The smallest absolute Gasteiger partial charge is 0.261 e. The number of halogens is 1. The lowest BCUT2D eigenvalue weighted by molar-refractivity contribution is -0.731. The normalized spacial score (nSPS) is 9.50. The molecule has 0 fully saturated rings. The fourth-order valence-electron chi connectivity index (χ4n) is 1.23. The van der Waals surface area contributed by atoms with Gasteiger partial charge in [0.15, 0.2) is 11.9 Å². The molecule has 2 rings (SSSR count). The van der Waals surface area contributed by atoms with Crippen LogP contribution in [0.25, 0.3) is 5.69 Å². The van der Waals surface area contributed by atoms with Gasteiger partial charge in [0, 0.05) is 0 Å². The zero-order valence-electron chi connectivity index (χ0n) is 7.76. The van der Waals surface area contributed by atoms with Crippen LogP contribution in [0.3, 0.4) is 0 Å². The minimum absolute atomic E-state index is 0. The summed E-state index contributed by atoms with van der Waals surface area (Å²) in [6.45, 7) is 0. The Morgan fingerprint density at radius 3 is 2.43 bits per heavy atom. The molecule has 1 aromatic carbocycles. The minimum atomic E-state index is 0. The highest BCUT2D eigenvalue weighted by atomic mass is 35.5. The number of anilines is 1. The first-order valence-corrected chi connectivity index (χ1v) is 4.04. The Labute approximate surface area is 88.4 Å². The van der Waals surface area contributed by atoms with E-state index in [0.29, 0.717) is 5.82 Å². The van der Waals surface area contributed by atoms with Gasteiger partial charge in [-0.3, -0.25) is 0 Å². The second-order valence-electron chi connectivity index (χ2n) is 2.86. The summed E-state index contributed by atoms with van der Waals surface area (Å²) in [6.07, 6.45) is 1.77. The number of nitrogens with zero attached hydrogens (tertiary/aromatic N) is 3. The molecular weight excluding hydrogens is 200 g/mol. The van der Waals surface area contributed by atoms with Crippen molar-refractivity contribution < 1.29 is 17.1 Å². The molecule has 0 unspecified atom stereocenters. The lowest BCUT2D eigenvalue weighted by Crippen LogP contribution is -3.00. The van der Waals surface area contributed by atoms with Crippen LogP contribution in [0, 0.1) is 0 Å². The predicted molar refractivity (Wildman–Crippen MR) is 49.2 cm³/mol. The van der Waals surface area contributed by atoms with Gasteiger partial charge in [-0.05, 0) is 12.1 Å². The lowest BCUT2D eigenvalue weighted by Gasteiger charge is -1.92. The summed E-state index contributed by atoms with van der Waals surface area (Å²) < 4.78 is 3.38. The SMILES string of the molecule is C[n+]1cc(N)n(-c2ccccc2)n1.[Cl-]. The maximum Gasteiger partial charge on any atom is 0.261 e. The average Bonchev–Trinajstić information content (AvgIpc) is 2.47. The highest BCUT2D eigenvalue weighted by molar-refractivity contribution is 5.37. The van der Waals surface area contributed by atoms with Crippen molar-refractivity contribution in [1.82, 2.24) is 9.90 Å². The third kappa shape index (κ3) is 1.85. The van der Waals surface area contributed by atoms with Crippen molar-refractivity contribution in [3.8, 4) is 5.69 Å². The molecule has 1 aromatic heterocycles. The summed E-state index contributed by atoms with van der Waals surface area (Å²) in [5.41, 5.74) is 6.73. The van der Waals surface area contributed by atoms with Crippen molar-refractivity contribution in [3.05, 3.63) is 36.5 Å². The molecule has 0 amide bonds. The van der Waals surface area contributed by atoms with Crippen LogP contribution in [0.15, 0.2) is 36.5 Å². The van der Waals surface area contributed by atoms with E-state index in [1.807, 2.05) is 37.4 Å². The molecule has 0 bridgehead atoms. The molecule has 5 heteroatoms. The number of nitrogens with two attached hydrogens (primary N) is 1. The quantitative estimate of drug-likeness (QED) is 0.521.